The van der Waals surface area contributed by atoms with Crippen molar-refractivity contribution in [2.75, 3.05) is 6.61 Å². The first kappa shape index (κ1) is 21.0. The van der Waals surface area contributed by atoms with Crippen LogP contribution in [0.25, 0.3) is 6.08 Å². The van der Waals surface area contributed by atoms with Crippen molar-refractivity contribution in [2.24, 2.45) is 0 Å². The van der Waals surface area contributed by atoms with Crippen molar-refractivity contribution in [1.82, 2.24) is 15.1 Å². The molecule has 8 heteroatoms. The molecule has 1 aromatic carbocycles. The SMILES string of the molecule is Cc1nn(Cc2ccccc2Cl)c(Cl)c1/C=C/C(=O)OCC(=O)NC(C)C. The van der Waals surface area contributed by atoms with Gasteiger partial charge in [0.05, 0.1) is 12.2 Å². The first-order valence-electron chi connectivity index (χ1n) is 8.38. The van der Waals surface area contributed by atoms with Gasteiger partial charge in [0.15, 0.2) is 6.61 Å². The zero-order valence-corrected chi connectivity index (χ0v) is 16.8. The highest BCUT2D eigenvalue weighted by atomic mass is 35.5. The number of rotatable bonds is 7. The second kappa shape index (κ2) is 9.58. The van der Waals surface area contributed by atoms with Crippen LogP contribution in [0.3, 0.4) is 0 Å². The summed E-state index contributed by atoms with van der Waals surface area (Å²) in [6.45, 7) is 5.51. The predicted octanol–water partition coefficient (Wildman–Crippen LogP) is 3.63. The maximum absolute atomic E-state index is 11.8. The molecule has 0 fully saturated rings. The quantitative estimate of drug-likeness (QED) is 0.559. The molecule has 6 nitrogen and oxygen atoms in total. The van der Waals surface area contributed by atoms with E-state index in [9.17, 15) is 9.59 Å². The molecule has 0 spiro atoms. The van der Waals surface area contributed by atoms with Gasteiger partial charge in [0.25, 0.3) is 5.91 Å². The van der Waals surface area contributed by atoms with Crippen LogP contribution in [0.5, 0.6) is 0 Å². The highest BCUT2D eigenvalue weighted by Gasteiger charge is 2.13. The van der Waals surface area contributed by atoms with Gasteiger partial charge in [-0.25, -0.2) is 9.48 Å². The number of halogens is 2. The Morgan fingerprint density at radius 1 is 1.30 bits per heavy atom. The Bertz CT molecular complexity index is 860. The summed E-state index contributed by atoms with van der Waals surface area (Å²) in [4.78, 5) is 23.3. The summed E-state index contributed by atoms with van der Waals surface area (Å²) < 4.78 is 6.51. The summed E-state index contributed by atoms with van der Waals surface area (Å²) in [5.41, 5.74) is 2.15. The van der Waals surface area contributed by atoms with E-state index in [4.69, 9.17) is 27.9 Å². The monoisotopic (exact) mass is 409 g/mol. The number of ether oxygens (including phenoxy) is 1. The average molecular weight is 410 g/mol. The Balaban J connectivity index is 2.03. The molecule has 1 amide bonds. The van der Waals surface area contributed by atoms with Crippen molar-refractivity contribution in [3.63, 3.8) is 0 Å². The molecule has 1 aromatic heterocycles. The number of aromatic nitrogens is 2. The molecule has 1 heterocycles. The maximum atomic E-state index is 11.8. The lowest BCUT2D eigenvalue weighted by atomic mass is 10.2. The van der Waals surface area contributed by atoms with E-state index in [-0.39, 0.29) is 18.6 Å². The molecule has 0 atom stereocenters. The first-order valence-corrected chi connectivity index (χ1v) is 9.14. The third-order valence-electron chi connectivity index (χ3n) is 3.57. The van der Waals surface area contributed by atoms with Crippen LogP contribution < -0.4 is 5.32 Å². The second-order valence-corrected chi connectivity index (χ2v) is 6.97. The lowest BCUT2D eigenvalue weighted by Crippen LogP contribution is -2.33. The number of nitrogens with zero attached hydrogens (tertiary/aromatic N) is 2. The van der Waals surface area contributed by atoms with Crippen LogP contribution in [-0.2, 0) is 20.9 Å². The van der Waals surface area contributed by atoms with Gasteiger partial charge in [0.1, 0.15) is 5.15 Å². The molecule has 0 aliphatic heterocycles. The van der Waals surface area contributed by atoms with Crippen LogP contribution in [0.2, 0.25) is 10.2 Å². The molecule has 27 heavy (non-hydrogen) atoms. The van der Waals surface area contributed by atoms with Gasteiger partial charge < -0.3 is 10.1 Å². The Kier molecular flexibility index (Phi) is 7.45. The summed E-state index contributed by atoms with van der Waals surface area (Å²) in [6, 6.07) is 7.41. The number of amides is 1. The van der Waals surface area contributed by atoms with E-state index in [1.54, 1.807) is 17.7 Å². The Morgan fingerprint density at radius 3 is 2.67 bits per heavy atom. The maximum Gasteiger partial charge on any atom is 0.331 e. The fraction of sp³-hybridized carbons (Fsp3) is 0.316. The number of nitrogens with one attached hydrogen (secondary N) is 1. The lowest BCUT2D eigenvalue weighted by Gasteiger charge is -2.07. The zero-order chi connectivity index (χ0) is 20.0. The van der Waals surface area contributed by atoms with Crippen LogP contribution in [0.15, 0.2) is 30.3 Å². The summed E-state index contributed by atoms with van der Waals surface area (Å²) >= 11 is 12.6. The van der Waals surface area contributed by atoms with Gasteiger partial charge in [-0.2, -0.15) is 5.10 Å². The van der Waals surface area contributed by atoms with E-state index in [0.717, 1.165) is 5.56 Å². The molecule has 0 unspecified atom stereocenters. The molecule has 0 saturated carbocycles. The van der Waals surface area contributed by atoms with Gasteiger partial charge in [0, 0.05) is 22.7 Å². The van der Waals surface area contributed by atoms with E-state index in [2.05, 4.69) is 10.4 Å². The van der Waals surface area contributed by atoms with Crippen molar-refractivity contribution in [3.8, 4) is 0 Å². The van der Waals surface area contributed by atoms with Gasteiger partial charge in [-0.05, 0) is 38.5 Å². The molecule has 0 aliphatic rings. The third kappa shape index (κ3) is 6.12. The van der Waals surface area contributed by atoms with Crippen LogP contribution in [0, 0.1) is 6.92 Å². The van der Waals surface area contributed by atoms with Gasteiger partial charge in [-0.15, -0.1) is 0 Å². The van der Waals surface area contributed by atoms with E-state index >= 15 is 0 Å². The number of benzene rings is 1. The number of hydrogen-bond acceptors (Lipinski definition) is 4. The minimum absolute atomic E-state index is 0.0165. The van der Waals surface area contributed by atoms with E-state index in [0.29, 0.717) is 28.0 Å². The largest absolute Gasteiger partial charge is 0.452 e. The average Bonchev–Trinajstić information content (AvgIpc) is 2.86. The van der Waals surface area contributed by atoms with Crippen molar-refractivity contribution in [2.45, 2.75) is 33.4 Å². The molecule has 2 rings (SSSR count). The second-order valence-electron chi connectivity index (χ2n) is 6.20. The number of aryl methyl sites for hydroxylation is 1. The number of carbonyl (C=O) groups is 2. The highest BCUT2D eigenvalue weighted by Crippen LogP contribution is 2.24. The van der Waals surface area contributed by atoms with Gasteiger partial charge in [-0.3, -0.25) is 4.79 Å². The molecular weight excluding hydrogens is 389 g/mol. The highest BCUT2D eigenvalue weighted by molar-refractivity contribution is 6.32. The molecular formula is C19H21Cl2N3O3. The van der Waals surface area contributed by atoms with Crippen molar-refractivity contribution >= 4 is 41.2 Å². The summed E-state index contributed by atoms with van der Waals surface area (Å²) in [7, 11) is 0. The van der Waals surface area contributed by atoms with Crippen LogP contribution >= 0.6 is 23.2 Å². The van der Waals surface area contributed by atoms with E-state index in [1.165, 1.54) is 12.2 Å². The van der Waals surface area contributed by atoms with E-state index in [1.807, 2.05) is 32.0 Å². The molecule has 1 N–H and O–H groups in total. The fourth-order valence-corrected chi connectivity index (χ4v) is 2.84. The molecule has 0 bridgehead atoms. The summed E-state index contributed by atoms with van der Waals surface area (Å²) in [5.74, 6) is -0.989. The summed E-state index contributed by atoms with van der Waals surface area (Å²) in [5, 5.41) is 8.04. The third-order valence-corrected chi connectivity index (χ3v) is 4.34. The minimum atomic E-state index is -0.636. The van der Waals surface area contributed by atoms with E-state index < -0.39 is 5.97 Å². The topological polar surface area (TPSA) is 73.2 Å². The number of esters is 1. The van der Waals surface area contributed by atoms with Crippen molar-refractivity contribution < 1.29 is 14.3 Å². The normalized spacial score (nSPS) is 11.2. The van der Waals surface area contributed by atoms with Crippen LogP contribution in [0.4, 0.5) is 0 Å². The minimum Gasteiger partial charge on any atom is -0.452 e. The van der Waals surface area contributed by atoms with Crippen LogP contribution in [0.1, 0.15) is 30.7 Å². The molecule has 2 aromatic rings. The molecule has 0 aliphatic carbocycles. The Hall–Kier alpha value is -2.31. The van der Waals surface area contributed by atoms with Crippen LogP contribution in [-0.4, -0.2) is 34.3 Å². The number of carbonyl (C=O) groups excluding carboxylic acids is 2. The van der Waals surface area contributed by atoms with Crippen molar-refractivity contribution in [1.29, 1.82) is 0 Å². The molecule has 0 radical (unpaired) electrons. The fourth-order valence-electron chi connectivity index (χ4n) is 2.35. The Morgan fingerprint density at radius 2 is 2.00 bits per heavy atom. The summed E-state index contributed by atoms with van der Waals surface area (Å²) in [6.07, 6.45) is 2.74. The predicted molar refractivity (Wildman–Crippen MR) is 106 cm³/mol. The molecule has 0 saturated heterocycles. The van der Waals surface area contributed by atoms with Crippen molar-refractivity contribution in [3.05, 3.63) is 57.3 Å². The lowest BCUT2D eigenvalue weighted by molar-refractivity contribution is -0.143. The molecule has 144 valence electrons. The van der Waals surface area contributed by atoms with Gasteiger partial charge in [-0.1, -0.05) is 41.4 Å². The Labute approximate surface area is 168 Å². The smallest absolute Gasteiger partial charge is 0.331 e. The van der Waals surface area contributed by atoms with Gasteiger partial charge in [0.2, 0.25) is 0 Å². The zero-order valence-electron chi connectivity index (χ0n) is 15.3. The first-order chi connectivity index (χ1) is 12.8. The van der Waals surface area contributed by atoms with Gasteiger partial charge >= 0.3 is 5.97 Å². The number of hydrogen-bond donors (Lipinski definition) is 1. The standard InChI is InChI=1S/C19H21Cl2N3O3/c1-12(2)22-17(25)11-27-18(26)9-8-15-13(3)23-24(19(15)21)10-14-6-4-5-7-16(14)20/h4-9,12H,10-11H2,1-3H3,(H,22,25)/b9-8+.